The molecule has 0 bridgehead atoms. The van der Waals surface area contributed by atoms with Gasteiger partial charge in [0.2, 0.25) is 5.91 Å². The van der Waals surface area contributed by atoms with Crippen LogP contribution >= 0.6 is 15.9 Å². The van der Waals surface area contributed by atoms with Gasteiger partial charge in [0.15, 0.2) is 0 Å². The Morgan fingerprint density at radius 3 is 2.94 bits per heavy atom. The van der Waals surface area contributed by atoms with Crippen LogP contribution in [0.3, 0.4) is 0 Å². The molecule has 1 rings (SSSR count). The first kappa shape index (κ1) is 13.7. The number of hydrogen-bond donors (Lipinski definition) is 2. The largest absolute Gasteiger partial charge is 0.374 e. The SMILES string of the molecule is C=CCNC(=O)C(C)Nc1ccc(F)c(Br)c1. The lowest BCUT2D eigenvalue weighted by Gasteiger charge is -2.14. The summed E-state index contributed by atoms with van der Waals surface area (Å²) in [5.74, 6) is -0.468. The lowest BCUT2D eigenvalue weighted by Crippen LogP contribution is -2.37. The van der Waals surface area contributed by atoms with Gasteiger partial charge < -0.3 is 10.6 Å². The second-order valence-electron chi connectivity index (χ2n) is 3.53. The van der Waals surface area contributed by atoms with Gasteiger partial charge in [-0.3, -0.25) is 4.79 Å². The van der Waals surface area contributed by atoms with Crippen LogP contribution in [-0.2, 0) is 4.79 Å². The molecule has 1 amide bonds. The zero-order chi connectivity index (χ0) is 12.8. The van der Waals surface area contributed by atoms with E-state index in [-0.39, 0.29) is 11.7 Å². The van der Waals surface area contributed by atoms with Gasteiger partial charge in [0.1, 0.15) is 11.9 Å². The summed E-state index contributed by atoms with van der Waals surface area (Å²) in [5.41, 5.74) is 0.680. The van der Waals surface area contributed by atoms with Crippen LogP contribution in [0, 0.1) is 5.82 Å². The number of carbonyl (C=O) groups excluding carboxylic acids is 1. The summed E-state index contributed by atoms with van der Waals surface area (Å²) in [5, 5.41) is 5.65. The molecular weight excluding hydrogens is 287 g/mol. The first-order chi connectivity index (χ1) is 8.04. The molecular formula is C12H14BrFN2O. The summed E-state index contributed by atoms with van der Waals surface area (Å²) in [7, 11) is 0. The van der Waals surface area contributed by atoms with E-state index in [4.69, 9.17) is 0 Å². The van der Waals surface area contributed by atoms with Crippen molar-refractivity contribution >= 4 is 27.5 Å². The molecule has 5 heteroatoms. The number of halogens is 2. The first-order valence-electron chi connectivity index (χ1n) is 5.14. The molecule has 1 atom stereocenters. The molecule has 0 spiro atoms. The van der Waals surface area contributed by atoms with Crippen LogP contribution in [0.1, 0.15) is 6.92 Å². The van der Waals surface area contributed by atoms with E-state index >= 15 is 0 Å². The van der Waals surface area contributed by atoms with Gasteiger partial charge in [0, 0.05) is 12.2 Å². The number of carbonyl (C=O) groups is 1. The van der Waals surface area contributed by atoms with Crippen molar-refractivity contribution in [3.05, 3.63) is 41.1 Å². The number of rotatable bonds is 5. The highest BCUT2D eigenvalue weighted by Crippen LogP contribution is 2.20. The molecule has 1 unspecified atom stereocenters. The average Bonchev–Trinajstić information content (AvgIpc) is 2.30. The molecule has 0 aliphatic rings. The van der Waals surface area contributed by atoms with Gasteiger partial charge in [0.25, 0.3) is 0 Å². The molecule has 0 heterocycles. The predicted molar refractivity (Wildman–Crippen MR) is 70.4 cm³/mol. The third kappa shape index (κ3) is 4.19. The lowest BCUT2D eigenvalue weighted by molar-refractivity contribution is -0.121. The minimum atomic E-state index is -0.396. The highest BCUT2D eigenvalue weighted by molar-refractivity contribution is 9.10. The quantitative estimate of drug-likeness (QED) is 0.821. The fraction of sp³-hybridized carbons (Fsp3) is 0.250. The maximum atomic E-state index is 13.0. The van der Waals surface area contributed by atoms with Gasteiger partial charge in [-0.05, 0) is 41.1 Å². The topological polar surface area (TPSA) is 41.1 Å². The maximum Gasteiger partial charge on any atom is 0.242 e. The van der Waals surface area contributed by atoms with E-state index in [1.807, 2.05) is 0 Å². The Bertz CT molecular complexity index is 423. The first-order valence-corrected chi connectivity index (χ1v) is 5.94. The zero-order valence-electron chi connectivity index (χ0n) is 9.47. The molecule has 2 N–H and O–H groups in total. The van der Waals surface area contributed by atoms with E-state index in [1.54, 1.807) is 25.1 Å². The number of nitrogens with one attached hydrogen (secondary N) is 2. The lowest BCUT2D eigenvalue weighted by atomic mass is 10.2. The van der Waals surface area contributed by atoms with Gasteiger partial charge in [-0.25, -0.2) is 4.39 Å². The molecule has 0 fully saturated rings. The molecule has 0 aliphatic carbocycles. The summed E-state index contributed by atoms with van der Waals surface area (Å²) in [4.78, 5) is 11.6. The Hall–Kier alpha value is -1.36. The van der Waals surface area contributed by atoms with Crippen LogP contribution < -0.4 is 10.6 Å². The summed E-state index contributed by atoms with van der Waals surface area (Å²) in [6.07, 6.45) is 1.61. The van der Waals surface area contributed by atoms with Gasteiger partial charge in [-0.15, -0.1) is 6.58 Å². The highest BCUT2D eigenvalue weighted by Gasteiger charge is 2.11. The minimum Gasteiger partial charge on any atom is -0.374 e. The molecule has 1 aromatic carbocycles. The van der Waals surface area contributed by atoms with Gasteiger partial charge in [0.05, 0.1) is 4.47 Å². The standard InChI is InChI=1S/C12H14BrFN2O/c1-3-6-15-12(17)8(2)16-9-4-5-11(14)10(13)7-9/h3-5,7-8,16H,1,6H2,2H3,(H,15,17). The molecule has 3 nitrogen and oxygen atoms in total. The highest BCUT2D eigenvalue weighted by atomic mass is 79.9. The van der Waals surface area contributed by atoms with Gasteiger partial charge >= 0.3 is 0 Å². The Labute approximate surface area is 108 Å². The third-order valence-electron chi connectivity index (χ3n) is 2.12. The summed E-state index contributed by atoms with van der Waals surface area (Å²) >= 11 is 3.09. The summed E-state index contributed by atoms with van der Waals surface area (Å²) in [6.45, 7) is 5.67. The number of hydrogen-bond acceptors (Lipinski definition) is 2. The second kappa shape index (κ2) is 6.39. The summed E-state index contributed by atoms with van der Waals surface area (Å²) in [6, 6.07) is 4.11. The number of benzene rings is 1. The molecule has 0 saturated carbocycles. The number of anilines is 1. The van der Waals surface area contributed by atoms with E-state index in [0.29, 0.717) is 16.7 Å². The molecule has 0 radical (unpaired) electrons. The summed E-state index contributed by atoms with van der Waals surface area (Å²) < 4.78 is 13.4. The van der Waals surface area contributed by atoms with E-state index in [0.717, 1.165) is 0 Å². The van der Waals surface area contributed by atoms with Crippen LogP contribution in [-0.4, -0.2) is 18.5 Å². The Kier molecular flexibility index (Phi) is 5.15. The van der Waals surface area contributed by atoms with E-state index in [2.05, 4.69) is 33.1 Å². The fourth-order valence-corrected chi connectivity index (χ4v) is 1.61. The average molecular weight is 301 g/mol. The van der Waals surface area contributed by atoms with Crippen molar-refractivity contribution in [1.29, 1.82) is 0 Å². The van der Waals surface area contributed by atoms with Crippen LogP contribution in [0.25, 0.3) is 0 Å². The van der Waals surface area contributed by atoms with Crippen LogP contribution in [0.15, 0.2) is 35.3 Å². The molecule has 17 heavy (non-hydrogen) atoms. The molecule has 0 saturated heterocycles. The number of amides is 1. The van der Waals surface area contributed by atoms with Crippen molar-refractivity contribution in [2.24, 2.45) is 0 Å². The monoisotopic (exact) mass is 300 g/mol. The van der Waals surface area contributed by atoms with E-state index < -0.39 is 6.04 Å². The molecule has 0 aliphatic heterocycles. The molecule has 1 aromatic rings. The van der Waals surface area contributed by atoms with Gasteiger partial charge in [-0.2, -0.15) is 0 Å². The predicted octanol–water partition coefficient (Wildman–Crippen LogP) is 2.69. The smallest absolute Gasteiger partial charge is 0.242 e. The second-order valence-corrected chi connectivity index (χ2v) is 4.38. The van der Waals surface area contributed by atoms with Crippen molar-refractivity contribution < 1.29 is 9.18 Å². The van der Waals surface area contributed by atoms with Crippen LogP contribution in [0.4, 0.5) is 10.1 Å². The zero-order valence-corrected chi connectivity index (χ0v) is 11.1. The van der Waals surface area contributed by atoms with Gasteiger partial charge in [-0.1, -0.05) is 6.08 Å². The normalized spacial score (nSPS) is 11.7. The van der Waals surface area contributed by atoms with Crippen LogP contribution in [0.5, 0.6) is 0 Å². The van der Waals surface area contributed by atoms with Crippen molar-refractivity contribution in [1.82, 2.24) is 5.32 Å². The van der Waals surface area contributed by atoms with Crippen molar-refractivity contribution in [2.75, 3.05) is 11.9 Å². The van der Waals surface area contributed by atoms with Crippen LogP contribution in [0.2, 0.25) is 0 Å². The Balaban J connectivity index is 2.61. The maximum absolute atomic E-state index is 13.0. The van der Waals surface area contributed by atoms with Crippen molar-refractivity contribution in [2.45, 2.75) is 13.0 Å². The van der Waals surface area contributed by atoms with E-state index in [9.17, 15) is 9.18 Å². The Morgan fingerprint density at radius 2 is 2.35 bits per heavy atom. The Morgan fingerprint density at radius 1 is 1.65 bits per heavy atom. The molecule has 92 valence electrons. The minimum absolute atomic E-state index is 0.134. The van der Waals surface area contributed by atoms with E-state index in [1.165, 1.54) is 6.07 Å². The third-order valence-corrected chi connectivity index (χ3v) is 2.72. The van der Waals surface area contributed by atoms with Crippen molar-refractivity contribution in [3.63, 3.8) is 0 Å². The van der Waals surface area contributed by atoms with Crippen molar-refractivity contribution in [3.8, 4) is 0 Å². The fourth-order valence-electron chi connectivity index (χ4n) is 1.23. The molecule has 0 aromatic heterocycles.